The Morgan fingerprint density at radius 2 is 2.11 bits per heavy atom. The first-order valence-electron chi connectivity index (χ1n) is 8.88. The van der Waals surface area contributed by atoms with Gasteiger partial charge in [0.05, 0.1) is 28.3 Å². The molecular weight excluding hydrogens is 358 g/mol. The maximum absolute atomic E-state index is 12.9. The third-order valence-electron chi connectivity index (χ3n) is 4.30. The number of anilines is 1. The molecule has 3 heterocycles. The van der Waals surface area contributed by atoms with Crippen LogP contribution in [0.5, 0.6) is 0 Å². The van der Waals surface area contributed by atoms with E-state index >= 15 is 0 Å². The van der Waals surface area contributed by atoms with E-state index in [2.05, 4.69) is 29.2 Å². The monoisotopic (exact) mass is 379 g/mol. The fraction of sp³-hybridized carbons (Fsp3) is 0.250. The van der Waals surface area contributed by atoms with E-state index in [0.29, 0.717) is 10.8 Å². The second kappa shape index (κ2) is 7.00. The highest BCUT2D eigenvalue weighted by Crippen LogP contribution is 2.30. The van der Waals surface area contributed by atoms with E-state index in [1.54, 1.807) is 12.5 Å². The summed E-state index contributed by atoms with van der Waals surface area (Å²) in [6.45, 7) is 7.16. The van der Waals surface area contributed by atoms with Crippen molar-refractivity contribution in [3.05, 3.63) is 59.6 Å². The van der Waals surface area contributed by atoms with Crippen molar-refractivity contribution in [3.8, 4) is 5.69 Å². The van der Waals surface area contributed by atoms with Gasteiger partial charge in [-0.2, -0.15) is 5.10 Å². The lowest BCUT2D eigenvalue weighted by Gasteiger charge is -2.10. The quantitative estimate of drug-likeness (QED) is 0.555. The Hall–Kier alpha value is -2.93. The highest BCUT2D eigenvalue weighted by atomic mass is 32.1. The molecule has 0 saturated carbocycles. The lowest BCUT2D eigenvalue weighted by Crippen LogP contribution is -2.12. The summed E-state index contributed by atoms with van der Waals surface area (Å²) in [6.07, 6.45) is 5.29. The van der Waals surface area contributed by atoms with Gasteiger partial charge in [0.25, 0.3) is 5.91 Å². The van der Waals surface area contributed by atoms with Gasteiger partial charge in [-0.15, -0.1) is 11.3 Å². The van der Waals surface area contributed by atoms with Crippen molar-refractivity contribution in [2.24, 2.45) is 5.92 Å². The Bertz CT molecular complexity index is 1090. The zero-order chi connectivity index (χ0) is 19.0. The van der Waals surface area contributed by atoms with E-state index in [0.717, 1.165) is 33.8 Å². The molecule has 3 aromatic heterocycles. The minimum Gasteiger partial charge on any atom is -0.319 e. The minimum atomic E-state index is -0.112. The number of hydrogen-bond donors (Lipinski definition) is 1. The number of carbonyl (C=O) groups is 1. The van der Waals surface area contributed by atoms with Crippen LogP contribution < -0.4 is 5.32 Å². The molecule has 4 rings (SSSR count). The topological polar surface area (TPSA) is 64.7 Å². The van der Waals surface area contributed by atoms with Gasteiger partial charge in [0.1, 0.15) is 4.83 Å². The standard InChI is InChI=1S/C20H21N5OS/c1-13(2)11-25-20-15(14(3)23-25)10-18(27-20)19(26)22-16-6-4-5-7-17(16)24-9-8-21-12-24/h4-10,12-13H,11H2,1-3H3,(H,22,26). The Kier molecular flexibility index (Phi) is 4.53. The normalized spacial score (nSPS) is 11.4. The number of rotatable bonds is 5. The highest BCUT2D eigenvalue weighted by Gasteiger charge is 2.18. The number of nitrogens with zero attached hydrogens (tertiary/aromatic N) is 4. The summed E-state index contributed by atoms with van der Waals surface area (Å²) >= 11 is 1.49. The number of para-hydroxylation sites is 2. The van der Waals surface area contributed by atoms with Crippen LogP contribution in [0.1, 0.15) is 29.2 Å². The number of fused-ring (bicyclic) bond motifs is 1. The molecular formula is C20H21N5OS. The maximum Gasteiger partial charge on any atom is 0.265 e. The summed E-state index contributed by atoms with van der Waals surface area (Å²) < 4.78 is 3.89. The summed E-state index contributed by atoms with van der Waals surface area (Å²) in [5.41, 5.74) is 2.59. The summed E-state index contributed by atoms with van der Waals surface area (Å²) in [7, 11) is 0. The van der Waals surface area contributed by atoms with Gasteiger partial charge in [-0.05, 0) is 31.0 Å². The van der Waals surface area contributed by atoms with Crippen LogP contribution in [0.25, 0.3) is 15.9 Å². The molecule has 0 saturated heterocycles. The molecule has 138 valence electrons. The van der Waals surface area contributed by atoms with Gasteiger partial charge in [0.15, 0.2) is 0 Å². The fourth-order valence-corrected chi connectivity index (χ4v) is 4.15. The zero-order valence-electron chi connectivity index (χ0n) is 15.5. The van der Waals surface area contributed by atoms with E-state index in [9.17, 15) is 4.79 Å². The molecule has 6 nitrogen and oxygen atoms in total. The van der Waals surface area contributed by atoms with Gasteiger partial charge in [0, 0.05) is 24.3 Å². The van der Waals surface area contributed by atoms with Gasteiger partial charge in [-0.3, -0.25) is 9.48 Å². The van der Waals surface area contributed by atoms with Gasteiger partial charge in [0.2, 0.25) is 0 Å². The largest absolute Gasteiger partial charge is 0.319 e. The SMILES string of the molecule is Cc1nn(CC(C)C)c2sc(C(=O)Nc3ccccc3-n3ccnc3)cc12. The summed E-state index contributed by atoms with van der Waals surface area (Å²) in [6, 6.07) is 9.63. The number of aromatic nitrogens is 4. The van der Waals surface area contributed by atoms with Gasteiger partial charge in [-0.25, -0.2) is 4.98 Å². The number of imidazole rings is 1. The van der Waals surface area contributed by atoms with Gasteiger partial charge >= 0.3 is 0 Å². The lowest BCUT2D eigenvalue weighted by molar-refractivity contribution is 0.103. The molecule has 0 unspecified atom stereocenters. The third-order valence-corrected chi connectivity index (χ3v) is 5.45. The van der Waals surface area contributed by atoms with Crippen LogP contribution in [0, 0.1) is 12.8 Å². The van der Waals surface area contributed by atoms with Crippen molar-refractivity contribution in [1.29, 1.82) is 0 Å². The highest BCUT2D eigenvalue weighted by molar-refractivity contribution is 7.20. The van der Waals surface area contributed by atoms with E-state index in [1.807, 2.05) is 52.7 Å². The number of carbonyl (C=O) groups excluding carboxylic acids is 1. The molecule has 4 aromatic rings. The molecule has 7 heteroatoms. The molecule has 0 aliphatic rings. The number of thiophene rings is 1. The number of benzene rings is 1. The molecule has 0 bridgehead atoms. The van der Waals surface area contributed by atoms with Crippen LogP contribution in [-0.4, -0.2) is 25.2 Å². The molecule has 0 atom stereocenters. The first-order chi connectivity index (χ1) is 13.0. The van der Waals surface area contributed by atoms with E-state index in [1.165, 1.54) is 11.3 Å². The van der Waals surface area contributed by atoms with Crippen LogP contribution in [0.3, 0.4) is 0 Å². The number of aryl methyl sites for hydroxylation is 1. The van der Waals surface area contributed by atoms with Crippen LogP contribution in [0.4, 0.5) is 5.69 Å². The van der Waals surface area contributed by atoms with Crippen LogP contribution >= 0.6 is 11.3 Å². The number of amides is 1. The third kappa shape index (κ3) is 3.38. The Morgan fingerprint density at radius 3 is 2.85 bits per heavy atom. The fourth-order valence-electron chi connectivity index (χ4n) is 3.08. The average molecular weight is 379 g/mol. The van der Waals surface area contributed by atoms with Crippen molar-refractivity contribution in [2.75, 3.05) is 5.32 Å². The van der Waals surface area contributed by atoms with E-state index < -0.39 is 0 Å². The Balaban J connectivity index is 1.65. The molecule has 0 aliphatic heterocycles. The van der Waals surface area contributed by atoms with Gasteiger partial charge in [-0.1, -0.05) is 26.0 Å². The smallest absolute Gasteiger partial charge is 0.265 e. The lowest BCUT2D eigenvalue weighted by atomic mass is 10.2. The second-order valence-corrected chi connectivity index (χ2v) is 7.96. The van der Waals surface area contributed by atoms with Crippen molar-refractivity contribution in [2.45, 2.75) is 27.3 Å². The van der Waals surface area contributed by atoms with E-state index in [4.69, 9.17) is 0 Å². The van der Waals surface area contributed by atoms with Gasteiger partial charge < -0.3 is 9.88 Å². The van der Waals surface area contributed by atoms with Crippen molar-refractivity contribution in [1.82, 2.24) is 19.3 Å². The maximum atomic E-state index is 12.9. The summed E-state index contributed by atoms with van der Waals surface area (Å²) in [4.78, 5) is 18.7. The zero-order valence-corrected chi connectivity index (χ0v) is 16.3. The summed E-state index contributed by atoms with van der Waals surface area (Å²) in [5.74, 6) is 0.383. The number of hydrogen-bond acceptors (Lipinski definition) is 4. The van der Waals surface area contributed by atoms with Crippen molar-refractivity contribution in [3.63, 3.8) is 0 Å². The predicted molar refractivity (Wildman–Crippen MR) is 109 cm³/mol. The Labute approximate surface area is 161 Å². The molecule has 0 fully saturated rings. The molecule has 0 radical (unpaired) electrons. The van der Waals surface area contributed by atoms with Crippen LogP contribution in [0.2, 0.25) is 0 Å². The van der Waals surface area contributed by atoms with E-state index in [-0.39, 0.29) is 5.91 Å². The predicted octanol–water partition coefficient (Wildman–Crippen LogP) is 4.50. The summed E-state index contributed by atoms with van der Waals surface area (Å²) in [5, 5.41) is 8.70. The minimum absolute atomic E-state index is 0.112. The average Bonchev–Trinajstić information content (AvgIpc) is 3.35. The number of nitrogens with one attached hydrogen (secondary N) is 1. The molecule has 27 heavy (non-hydrogen) atoms. The second-order valence-electron chi connectivity index (χ2n) is 6.93. The van der Waals surface area contributed by atoms with Crippen molar-refractivity contribution < 1.29 is 4.79 Å². The first-order valence-corrected chi connectivity index (χ1v) is 9.70. The first kappa shape index (κ1) is 17.5. The Morgan fingerprint density at radius 1 is 1.30 bits per heavy atom. The molecule has 1 N–H and O–H groups in total. The van der Waals surface area contributed by atoms with Crippen LogP contribution in [-0.2, 0) is 6.54 Å². The molecule has 0 spiro atoms. The van der Waals surface area contributed by atoms with Crippen molar-refractivity contribution >= 4 is 33.1 Å². The van der Waals surface area contributed by atoms with Crippen LogP contribution in [0.15, 0.2) is 49.1 Å². The molecule has 0 aliphatic carbocycles. The molecule has 1 amide bonds. The molecule has 1 aromatic carbocycles.